The van der Waals surface area contributed by atoms with Crippen LogP contribution < -0.4 is 24.8 Å². The first-order valence-corrected chi connectivity index (χ1v) is 24.6. The van der Waals surface area contributed by atoms with Gasteiger partial charge in [0, 0.05) is 45.4 Å². The second-order valence-corrected chi connectivity index (χ2v) is 21.6. The predicted molar refractivity (Wildman–Crippen MR) is 243 cm³/mol. The smallest absolute Gasteiger partial charge is 0.416 e. The molecular formula is C46H52ClF3N6O7S2. The molecule has 2 aliphatic carbocycles. The molecule has 19 heteroatoms. The predicted octanol–water partition coefficient (Wildman–Crippen LogP) is 8.69. The van der Waals surface area contributed by atoms with E-state index in [1.54, 1.807) is 26.2 Å². The molecule has 5 atom stereocenters. The number of pyridine rings is 1. The monoisotopic (exact) mass is 956 g/mol. The second-order valence-electron chi connectivity index (χ2n) is 18.2. The molecule has 4 aromatic rings. The van der Waals surface area contributed by atoms with Crippen LogP contribution in [0.5, 0.6) is 11.5 Å². The SMILES string of the molecule is COc1ccc2c(O[C@@H]3C[C@H]4C(=O)N[C@]5(C(=O)NS(=O)(=O)C6(C)CC6)C[C@@H]5/C=C\CCCCC[C@H](Nc5cc(Cl)cc(C(F)(F)F)c5)C(=O)N4C3)cc(-c3nc(C(C)C)cs3)nc2c1C. The Balaban J connectivity index is 1.17. The molecule has 0 bridgehead atoms. The molecule has 8 rings (SSSR count). The fourth-order valence-electron chi connectivity index (χ4n) is 8.64. The number of sulfonamides is 1. The number of hydrogen-bond acceptors (Lipinski definition) is 11. The summed E-state index contributed by atoms with van der Waals surface area (Å²) in [5, 5.41) is 9.00. The normalized spacial score (nSPS) is 25.2. The third-order valence-corrected chi connectivity index (χ3v) is 16.3. The highest BCUT2D eigenvalue weighted by Gasteiger charge is 2.63. The maximum Gasteiger partial charge on any atom is 0.416 e. The summed E-state index contributed by atoms with van der Waals surface area (Å²) in [6.45, 7) is 7.42. The number of fused-ring (bicyclic) bond motifs is 3. The lowest BCUT2D eigenvalue weighted by Gasteiger charge is -2.30. The van der Waals surface area contributed by atoms with Crippen LogP contribution in [0, 0.1) is 12.8 Å². The number of methoxy groups -OCH3 is 1. The van der Waals surface area contributed by atoms with Crippen LogP contribution in [-0.2, 0) is 30.6 Å². The van der Waals surface area contributed by atoms with E-state index in [2.05, 4.69) is 15.4 Å². The van der Waals surface area contributed by atoms with Crippen molar-refractivity contribution in [2.45, 2.75) is 126 Å². The molecule has 348 valence electrons. The number of ether oxygens (including phenoxy) is 2. The molecule has 3 amide bonds. The highest BCUT2D eigenvalue weighted by atomic mass is 35.5. The Morgan fingerprint density at radius 1 is 1.08 bits per heavy atom. The molecule has 0 spiro atoms. The van der Waals surface area contributed by atoms with E-state index < -0.39 is 73.9 Å². The maximum atomic E-state index is 15.0. The van der Waals surface area contributed by atoms with Gasteiger partial charge in [0.05, 0.1) is 35.2 Å². The van der Waals surface area contributed by atoms with Crippen molar-refractivity contribution in [3.05, 3.63) is 75.8 Å². The summed E-state index contributed by atoms with van der Waals surface area (Å²) >= 11 is 7.61. The van der Waals surface area contributed by atoms with Crippen molar-refractivity contribution in [2.75, 3.05) is 19.0 Å². The van der Waals surface area contributed by atoms with Crippen LogP contribution in [0.1, 0.15) is 101 Å². The lowest BCUT2D eigenvalue weighted by molar-refractivity contribution is -0.140. The number of carbonyl (C=O) groups excluding carboxylic acids is 3. The largest absolute Gasteiger partial charge is 0.496 e. The molecule has 1 saturated heterocycles. The fraction of sp³-hybridized carbons (Fsp3) is 0.500. The molecule has 65 heavy (non-hydrogen) atoms. The number of rotatable bonds is 10. The summed E-state index contributed by atoms with van der Waals surface area (Å²) < 4.78 is 82.0. The van der Waals surface area contributed by atoms with Gasteiger partial charge < -0.3 is 25.0 Å². The van der Waals surface area contributed by atoms with E-state index in [0.29, 0.717) is 71.6 Å². The van der Waals surface area contributed by atoms with E-state index in [9.17, 15) is 36.0 Å². The molecule has 4 heterocycles. The van der Waals surface area contributed by atoms with Gasteiger partial charge in [-0.1, -0.05) is 50.4 Å². The summed E-state index contributed by atoms with van der Waals surface area (Å²) in [6, 6.07) is 6.07. The summed E-state index contributed by atoms with van der Waals surface area (Å²) in [6.07, 6.45) is 1.80. The number of carbonyl (C=O) groups is 3. The number of hydrogen-bond donors (Lipinski definition) is 3. The van der Waals surface area contributed by atoms with E-state index in [4.69, 9.17) is 31.0 Å². The average Bonchev–Trinajstić information content (AvgIpc) is 4.02. The third-order valence-electron chi connectivity index (χ3n) is 13.0. The molecule has 3 fully saturated rings. The van der Waals surface area contributed by atoms with Crippen molar-refractivity contribution in [1.29, 1.82) is 0 Å². The van der Waals surface area contributed by atoms with Crippen LogP contribution in [-0.4, -0.2) is 83.1 Å². The van der Waals surface area contributed by atoms with E-state index in [1.165, 1.54) is 22.3 Å². The quantitative estimate of drug-likeness (QED) is 0.131. The van der Waals surface area contributed by atoms with Gasteiger partial charge in [0.15, 0.2) is 0 Å². The number of anilines is 1. The van der Waals surface area contributed by atoms with Crippen LogP contribution >= 0.6 is 22.9 Å². The van der Waals surface area contributed by atoms with Gasteiger partial charge in [-0.05, 0) is 88.6 Å². The Bertz CT molecular complexity index is 2670. The minimum absolute atomic E-state index is 0.0246. The molecular weight excluding hydrogens is 905 g/mol. The van der Waals surface area contributed by atoms with Crippen molar-refractivity contribution < 1.29 is 45.4 Å². The molecule has 13 nitrogen and oxygen atoms in total. The first-order valence-electron chi connectivity index (χ1n) is 21.8. The highest BCUT2D eigenvalue weighted by molar-refractivity contribution is 7.91. The summed E-state index contributed by atoms with van der Waals surface area (Å²) in [4.78, 5) is 55.0. The zero-order valence-corrected chi connectivity index (χ0v) is 39.1. The lowest BCUT2D eigenvalue weighted by atomic mass is 10.0. The number of aromatic nitrogens is 2. The van der Waals surface area contributed by atoms with Gasteiger partial charge in [0.25, 0.3) is 5.91 Å². The van der Waals surface area contributed by atoms with Crippen molar-refractivity contribution in [3.8, 4) is 22.2 Å². The number of aryl methyl sites for hydroxylation is 1. The van der Waals surface area contributed by atoms with Gasteiger partial charge in [-0.15, -0.1) is 11.3 Å². The van der Waals surface area contributed by atoms with E-state index in [1.807, 2.05) is 44.4 Å². The van der Waals surface area contributed by atoms with Crippen LogP contribution in [0.2, 0.25) is 5.02 Å². The molecule has 3 N–H and O–H groups in total. The van der Waals surface area contributed by atoms with Crippen molar-refractivity contribution >= 4 is 67.3 Å². The Morgan fingerprint density at radius 3 is 2.54 bits per heavy atom. The second kappa shape index (κ2) is 17.7. The molecule has 0 radical (unpaired) electrons. The number of alkyl halides is 3. The van der Waals surface area contributed by atoms with Gasteiger partial charge in [-0.2, -0.15) is 13.2 Å². The van der Waals surface area contributed by atoms with Crippen LogP contribution in [0.25, 0.3) is 21.6 Å². The van der Waals surface area contributed by atoms with Crippen molar-refractivity contribution in [1.82, 2.24) is 24.9 Å². The Labute approximate surface area is 384 Å². The topological polar surface area (TPSA) is 169 Å². The first kappa shape index (κ1) is 46.6. The summed E-state index contributed by atoms with van der Waals surface area (Å²) in [5.41, 5.74) is 0.165. The molecule has 2 saturated carbocycles. The van der Waals surface area contributed by atoms with E-state index in [0.717, 1.165) is 23.4 Å². The van der Waals surface area contributed by atoms with E-state index in [-0.39, 0.29) is 42.4 Å². The summed E-state index contributed by atoms with van der Waals surface area (Å²) in [5.74, 6) is -1.45. The van der Waals surface area contributed by atoms with Crippen molar-refractivity contribution in [2.24, 2.45) is 5.92 Å². The molecule has 2 aromatic carbocycles. The average molecular weight is 958 g/mol. The minimum Gasteiger partial charge on any atom is -0.496 e. The van der Waals surface area contributed by atoms with Crippen LogP contribution in [0.4, 0.5) is 18.9 Å². The maximum absolute atomic E-state index is 15.0. The van der Waals surface area contributed by atoms with Crippen molar-refractivity contribution in [3.63, 3.8) is 0 Å². The van der Waals surface area contributed by atoms with Gasteiger partial charge in [-0.3, -0.25) is 19.1 Å². The number of halogens is 4. The van der Waals surface area contributed by atoms with Gasteiger partial charge >= 0.3 is 6.18 Å². The van der Waals surface area contributed by atoms with Crippen LogP contribution in [0.15, 0.2) is 53.9 Å². The molecule has 0 unspecified atom stereocenters. The highest BCUT2D eigenvalue weighted by Crippen LogP contribution is 2.48. The standard InChI is InChI=1S/C46H52ClF3N6O7S2/c1-25(2)35-24-64-41(53-35)34-21-38(32-13-14-37(62-5)26(3)39(32)52-34)63-31-20-36-40(57)54-45(43(59)55-65(60,61)44(4)15-16-44)22-27(45)11-9-7-6-8-10-12-33(42(58)56(36)23-31)51-30-18-28(46(48,49)50)17-29(47)19-30/h9,11,13-14,17-19,21,24-25,27,31,33,36,51H,6-8,10,12,15-16,20,22-23H2,1-5H3,(H,54,57)(H,55,59)/b11-9-/t27-,31+,33-,36-,45+/m0/s1. The number of benzene rings is 2. The zero-order valence-electron chi connectivity index (χ0n) is 36.7. The minimum atomic E-state index is -4.71. The van der Waals surface area contributed by atoms with Gasteiger partial charge in [0.1, 0.15) is 45.9 Å². The Kier molecular flexibility index (Phi) is 12.7. The number of thiazole rings is 1. The van der Waals surface area contributed by atoms with Gasteiger partial charge in [-0.25, -0.2) is 18.4 Å². The molecule has 2 aromatic heterocycles. The zero-order chi connectivity index (χ0) is 46.6. The third kappa shape index (κ3) is 9.53. The number of nitrogens with zero attached hydrogens (tertiary/aromatic N) is 3. The first-order chi connectivity index (χ1) is 30.7. The van der Waals surface area contributed by atoms with Crippen LogP contribution in [0.3, 0.4) is 0 Å². The fourth-order valence-corrected chi connectivity index (χ4v) is 11.1. The Morgan fingerprint density at radius 2 is 1.85 bits per heavy atom. The lowest BCUT2D eigenvalue weighted by Crippen LogP contribution is -2.58. The summed E-state index contributed by atoms with van der Waals surface area (Å²) in [7, 11) is -2.50. The van der Waals surface area contributed by atoms with E-state index >= 15 is 0 Å². The number of nitrogens with one attached hydrogen (secondary N) is 3. The Hall–Kier alpha value is -4.94. The number of allylic oxidation sites excluding steroid dienone is 1. The molecule has 4 aliphatic rings. The van der Waals surface area contributed by atoms with Gasteiger partial charge in [0.2, 0.25) is 21.8 Å². The number of amides is 3. The molecule has 2 aliphatic heterocycles.